The summed E-state index contributed by atoms with van der Waals surface area (Å²) in [5, 5.41) is 0.780. The van der Waals surface area contributed by atoms with Gasteiger partial charge in [0.1, 0.15) is 11.9 Å². The second-order valence-corrected chi connectivity index (χ2v) is 5.83. The summed E-state index contributed by atoms with van der Waals surface area (Å²) in [7, 11) is 0. The molecule has 3 aromatic rings. The second-order valence-electron chi connectivity index (χ2n) is 5.40. The minimum Gasteiger partial charge on any atom is -1.00 e. The van der Waals surface area contributed by atoms with Crippen LogP contribution in [-0.4, -0.2) is 4.57 Å². The summed E-state index contributed by atoms with van der Waals surface area (Å²) in [5.41, 5.74) is 3.71. The molecule has 0 saturated carbocycles. The number of hydrogen-bond donors (Lipinski definition) is 0. The summed E-state index contributed by atoms with van der Waals surface area (Å²) in [4.78, 5) is 0. The number of imidazole rings is 1. The maximum absolute atomic E-state index is 6.01. The van der Waals surface area contributed by atoms with Gasteiger partial charge < -0.3 is 17.0 Å². The molecule has 2 aromatic carbocycles. The van der Waals surface area contributed by atoms with Crippen LogP contribution in [0.4, 0.5) is 0 Å². The summed E-state index contributed by atoms with van der Waals surface area (Å²) in [6.07, 6.45) is 4.58. The third kappa shape index (κ3) is 2.59. The SMILES string of the molecule is Clc1ccc(-c2cn(-c3ccccc3)c3[n+]2CCC3)cc1.[Br-]. The maximum atomic E-state index is 6.01. The largest absolute Gasteiger partial charge is 1.00 e. The first-order valence-corrected chi connectivity index (χ1v) is 7.66. The Hall–Kier alpha value is -1.58. The zero-order valence-electron chi connectivity index (χ0n) is 12.0. The molecule has 0 N–H and O–H groups in total. The molecule has 2 nitrogen and oxygen atoms in total. The van der Waals surface area contributed by atoms with Gasteiger partial charge in [0.25, 0.3) is 5.82 Å². The number of rotatable bonds is 2. The number of hydrogen-bond acceptors (Lipinski definition) is 0. The van der Waals surface area contributed by atoms with E-state index in [1.54, 1.807) is 0 Å². The lowest BCUT2D eigenvalue weighted by Crippen LogP contribution is -3.00. The highest BCUT2D eigenvalue weighted by atomic mass is 79.9. The van der Waals surface area contributed by atoms with Gasteiger partial charge in [-0.2, -0.15) is 4.57 Å². The summed E-state index contributed by atoms with van der Waals surface area (Å²) in [5.74, 6) is 1.38. The van der Waals surface area contributed by atoms with Crippen molar-refractivity contribution in [3.05, 3.63) is 71.6 Å². The number of para-hydroxylation sites is 1. The maximum Gasteiger partial charge on any atom is 0.262 e. The Bertz CT molecular complexity index is 779. The minimum atomic E-state index is 0. The Labute approximate surface area is 145 Å². The van der Waals surface area contributed by atoms with E-state index in [0.717, 1.165) is 18.0 Å². The predicted octanol–water partition coefficient (Wildman–Crippen LogP) is 1.04. The smallest absolute Gasteiger partial charge is 0.262 e. The molecule has 0 spiro atoms. The lowest BCUT2D eigenvalue weighted by molar-refractivity contribution is -0.679. The highest BCUT2D eigenvalue weighted by Gasteiger charge is 2.29. The molecular weight excluding hydrogens is 360 g/mol. The van der Waals surface area contributed by atoms with E-state index in [2.05, 4.69) is 57.8 Å². The zero-order valence-corrected chi connectivity index (χ0v) is 14.4. The van der Waals surface area contributed by atoms with Crippen LogP contribution in [0, 0.1) is 0 Å². The molecular formula is C18H16BrClN2. The van der Waals surface area contributed by atoms with Gasteiger partial charge in [-0.3, -0.25) is 0 Å². The first kappa shape index (κ1) is 15.3. The first-order chi connectivity index (χ1) is 10.3. The average molecular weight is 376 g/mol. The van der Waals surface area contributed by atoms with E-state index in [4.69, 9.17) is 11.6 Å². The third-order valence-electron chi connectivity index (χ3n) is 4.09. The highest BCUT2D eigenvalue weighted by molar-refractivity contribution is 6.30. The Morgan fingerprint density at radius 3 is 2.41 bits per heavy atom. The highest BCUT2D eigenvalue weighted by Crippen LogP contribution is 2.24. The van der Waals surface area contributed by atoms with Gasteiger partial charge in [0, 0.05) is 10.6 Å². The van der Waals surface area contributed by atoms with Crippen molar-refractivity contribution in [1.29, 1.82) is 0 Å². The second kappa shape index (κ2) is 6.27. The third-order valence-corrected chi connectivity index (χ3v) is 4.34. The number of aromatic nitrogens is 2. The van der Waals surface area contributed by atoms with Gasteiger partial charge in [-0.05, 0) is 42.8 Å². The molecule has 0 aliphatic carbocycles. The zero-order chi connectivity index (χ0) is 14.2. The van der Waals surface area contributed by atoms with Crippen LogP contribution in [-0.2, 0) is 13.0 Å². The normalized spacial score (nSPS) is 12.8. The van der Waals surface area contributed by atoms with Crippen LogP contribution < -0.4 is 21.5 Å². The van der Waals surface area contributed by atoms with Crippen molar-refractivity contribution in [2.75, 3.05) is 0 Å². The number of benzene rings is 2. The monoisotopic (exact) mass is 374 g/mol. The Kier molecular flexibility index (Phi) is 4.37. The molecule has 0 radical (unpaired) electrons. The quantitative estimate of drug-likeness (QED) is 0.592. The fraction of sp³-hybridized carbons (Fsp3) is 0.167. The van der Waals surface area contributed by atoms with Gasteiger partial charge in [0.2, 0.25) is 0 Å². The van der Waals surface area contributed by atoms with Gasteiger partial charge in [-0.15, -0.1) is 0 Å². The Balaban J connectivity index is 0.00000144. The molecule has 4 rings (SSSR count). The molecule has 1 aliphatic heterocycles. The molecule has 2 heterocycles. The molecule has 0 unspecified atom stereocenters. The molecule has 22 heavy (non-hydrogen) atoms. The molecule has 0 atom stereocenters. The van der Waals surface area contributed by atoms with Crippen LogP contribution in [0.3, 0.4) is 0 Å². The van der Waals surface area contributed by atoms with Crippen molar-refractivity contribution < 1.29 is 21.5 Å². The molecule has 1 aliphatic rings. The molecule has 1 aromatic heterocycles. The molecule has 0 amide bonds. The van der Waals surface area contributed by atoms with Crippen molar-refractivity contribution >= 4 is 11.6 Å². The summed E-state index contributed by atoms with van der Waals surface area (Å²) in [6, 6.07) is 18.6. The first-order valence-electron chi connectivity index (χ1n) is 7.28. The van der Waals surface area contributed by atoms with Crippen molar-refractivity contribution in [3.8, 4) is 16.9 Å². The standard InChI is InChI=1S/C18H16ClN2.BrH/c19-15-10-8-14(9-11-15)17-13-21(16-5-2-1-3-6-16)18-7-4-12-20(17)18;/h1-3,5-6,8-11,13H,4,7,12H2;1H/q+1;/p-1. The minimum absolute atomic E-state index is 0. The fourth-order valence-electron chi connectivity index (χ4n) is 3.10. The molecule has 0 fully saturated rings. The van der Waals surface area contributed by atoms with Crippen molar-refractivity contribution in [2.45, 2.75) is 19.4 Å². The lowest BCUT2D eigenvalue weighted by Gasteiger charge is -1.98. The van der Waals surface area contributed by atoms with Crippen LogP contribution in [0.2, 0.25) is 5.02 Å². The van der Waals surface area contributed by atoms with Crippen molar-refractivity contribution in [3.63, 3.8) is 0 Å². The van der Waals surface area contributed by atoms with E-state index >= 15 is 0 Å². The van der Waals surface area contributed by atoms with E-state index < -0.39 is 0 Å². The van der Waals surface area contributed by atoms with Gasteiger partial charge >= 0.3 is 0 Å². The summed E-state index contributed by atoms with van der Waals surface area (Å²) < 4.78 is 4.74. The van der Waals surface area contributed by atoms with Gasteiger partial charge in [0.05, 0.1) is 13.0 Å². The van der Waals surface area contributed by atoms with E-state index in [1.807, 2.05) is 12.1 Å². The van der Waals surface area contributed by atoms with Gasteiger partial charge in [-0.1, -0.05) is 29.8 Å². The number of fused-ring (bicyclic) bond motifs is 1. The summed E-state index contributed by atoms with van der Waals surface area (Å²) in [6.45, 7) is 1.09. The van der Waals surface area contributed by atoms with Crippen LogP contribution in [0.25, 0.3) is 16.9 Å². The molecule has 0 saturated heterocycles. The van der Waals surface area contributed by atoms with Crippen LogP contribution in [0.15, 0.2) is 60.8 Å². The van der Waals surface area contributed by atoms with E-state index in [-0.39, 0.29) is 17.0 Å². The number of nitrogens with zero attached hydrogens (tertiary/aromatic N) is 2. The molecule has 4 heteroatoms. The van der Waals surface area contributed by atoms with Crippen LogP contribution in [0.1, 0.15) is 12.2 Å². The lowest BCUT2D eigenvalue weighted by atomic mass is 10.1. The van der Waals surface area contributed by atoms with Crippen molar-refractivity contribution in [1.82, 2.24) is 4.57 Å². The van der Waals surface area contributed by atoms with E-state index in [0.29, 0.717) is 0 Å². The topological polar surface area (TPSA) is 8.81 Å². The van der Waals surface area contributed by atoms with E-state index in [1.165, 1.54) is 29.2 Å². The predicted molar refractivity (Wildman–Crippen MR) is 84.7 cm³/mol. The molecule has 112 valence electrons. The average Bonchev–Trinajstić information content (AvgIpc) is 3.11. The van der Waals surface area contributed by atoms with Crippen molar-refractivity contribution in [2.24, 2.45) is 0 Å². The fourth-order valence-corrected chi connectivity index (χ4v) is 3.22. The molecule has 0 bridgehead atoms. The Morgan fingerprint density at radius 2 is 1.68 bits per heavy atom. The van der Waals surface area contributed by atoms with Gasteiger partial charge in [0.15, 0.2) is 5.69 Å². The van der Waals surface area contributed by atoms with Crippen LogP contribution >= 0.6 is 11.6 Å². The van der Waals surface area contributed by atoms with E-state index in [9.17, 15) is 0 Å². The Morgan fingerprint density at radius 1 is 0.955 bits per heavy atom. The van der Waals surface area contributed by atoms with Gasteiger partial charge in [-0.25, -0.2) is 4.57 Å². The van der Waals surface area contributed by atoms with Crippen LogP contribution in [0.5, 0.6) is 0 Å². The summed E-state index contributed by atoms with van der Waals surface area (Å²) >= 11 is 6.01. The number of halogens is 2.